The highest BCUT2D eigenvalue weighted by atomic mass is 16.5. The van der Waals surface area contributed by atoms with E-state index in [9.17, 15) is 4.79 Å². The van der Waals surface area contributed by atoms with Crippen LogP contribution in [0.1, 0.15) is 34.8 Å². The number of imidazole rings is 1. The van der Waals surface area contributed by atoms with Gasteiger partial charge >= 0.3 is 0 Å². The zero-order valence-corrected chi connectivity index (χ0v) is 15.9. The van der Waals surface area contributed by atoms with E-state index in [1.165, 1.54) is 6.20 Å². The Morgan fingerprint density at radius 3 is 2.86 bits per heavy atom. The summed E-state index contributed by atoms with van der Waals surface area (Å²) >= 11 is 0. The number of aryl methyl sites for hydroxylation is 2. The molecule has 0 saturated heterocycles. The Hall–Kier alpha value is -3.75. The molecule has 0 unspecified atom stereocenters. The molecule has 1 aliphatic rings. The maximum Gasteiger partial charge on any atom is 0.274 e. The van der Waals surface area contributed by atoms with Crippen LogP contribution in [0.3, 0.4) is 0 Å². The molecule has 5 rings (SSSR count). The molecule has 0 spiro atoms. The second-order valence-electron chi connectivity index (χ2n) is 7.04. The number of hydrogen-bond donors (Lipinski definition) is 1. The molecule has 0 aliphatic heterocycles. The molecular formula is C20H18N6O3. The maximum atomic E-state index is 12.9. The number of amides is 1. The highest BCUT2D eigenvalue weighted by Crippen LogP contribution is 2.26. The molecule has 1 aliphatic carbocycles. The van der Waals surface area contributed by atoms with E-state index in [4.69, 9.17) is 9.26 Å². The molecule has 146 valence electrons. The Morgan fingerprint density at radius 2 is 2.10 bits per heavy atom. The highest BCUT2D eigenvalue weighted by Gasteiger charge is 2.24. The summed E-state index contributed by atoms with van der Waals surface area (Å²) in [5, 5.41) is 6.86. The van der Waals surface area contributed by atoms with Crippen LogP contribution in [0.4, 0.5) is 5.69 Å². The van der Waals surface area contributed by atoms with Crippen molar-refractivity contribution < 1.29 is 14.1 Å². The minimum absolute atomic E-state index is 0.251. The third-order valence-corrected chi connectivity index (χ3v) is 4.69. The first-order valence-electron chi connectivity index (χ1n) is 9.29. The van der Waals surface area contributed by atoms with E-state index < -0.39 is 0 Å². The van der Waals surface area contributed by atoms with Crippen LogP contribution in [-0.4, -0.2) is 36.5 Å². The average Bonchev–Trinajstić information content (AvgIpc) is 3.24. The zero-order valence-electron chi connectivity index (χ0n) is 15.9. The molecule has 9 heteroatoms. The molecule has 1 saturated carbocycles. The van der Waals surface area contributed by atoms with E-state index in [0.29, 0.717) is 34.6 Å². The van der Waals surface area contributed by atoms with E-state index in [1.54, 1.807) is 23.7 Å². The molecule has 9 nitrogen and oxygen atoms in total. The lowest BCUT2D eigenvalue weighted by Gasteiger charge is -2.09. The smallest absolute Gasteiger partial charge is 0.274 e. The van der Waals surface area contributed by atoms with Crippen LogP contribution in [0.15, 0.2) is 41.3 Å². The quantitative estimate of drug-likeness (QED) is 0.557. The Labute approximate surface area is 165 Å². The van der Waals surface area contributed by atoms with Gasteiger partial charge in [0.1, 0.15) is 23.8 Å². The van der Waals surface area contributed by atoms with Crippen LogP contribution in [-0.2, 0) is 0 Å². The largest absolute Gasteiger partial charge is 0.474 e. The summed E-state index contributed by atoms with van der Waals surface area (Å²) in [7, 11) is 0. The number of nitrogens with zero attached hydrogens (tertiary/aromatic N) is 5. The van der Waals surface area contributed by atoms with E-state index in [-0.39, 0.29) is 12.0 Å². The summed E-state index contributed by atoms with van der Waals surface area (Å²) in [5.41, 5.74) is 3.31. The molecule has 3 heterocycles. The standard InChI is InChI=1S/C20H18N6O3/c1-11-3-4-13(19-23-12(2)29-25-19)7-15(11)24-20(27)16-9-21-17-8-18(22-10-26(16)17)28-14-5-6-14/h3-4,7-10,14H,5-6H2,1-2H3,(H,24,27). The van der Waals surface area contributed by atoms with Crippen LogP contribution < -0.4 is 10.1 Å². The number of aromatic nitrogens is 5. The summed E-state index contributed by atoms with van der Waals surface area (Å²) in [4.78, 5) is 25.7. The van der Waals surface area contributed by atoms with Crippen molar-refractivity contribution in [3.05, 3.63) is 53.9 Å². The summed E-state index contributed by atoms with van der Waals surface area (Å²) in [6.07, 6.45) is 5.43. The van der Waals surface area contributed by atoms with Gasteiger partial charge in [0, 0.05) is 24.2 Å². The number of carbonyl (C=O) groups excluding carboxylic acids is 1. The van der Waals surface area contributed by atoms with Gasteiger partial charge in [-0.05, 0) is 31.4 Å². The van der Waals surface area contributed by atoms with Gasteiger partial charge < -0.3 is 14.6 Å². The van der Waals surface area contributed by atoms with Crippen LogP contribution in [0.25, 0.3) is 17.0 Å². The Bertz CT molecular complexity index is 1220. The van der Waals surface area contributed by atoms with Crippen molar-refractivity contribution in [1.82, 2.24) is 24.5 Å². The van der Waals surface area contributed by atoms with Crippen molar-refractivity contribution >= 4 is 17.2 Å². The number of rotatable bonds is 5. The minimum Gasteiger partial charge on any atom is -0.474 e. The molecular weight excluding hydrogens is 372 g/mol. The van der Waals surface area contributed by atoms with Crippen molar-refractivity contribution in [2.24, 2.45) is 0 Å². The second-order valence-corrected chi connectivity index (χ2v) is 7.04. The third kappa shape index (κ3) is 3.42. The van der Waals surface area contributed by atoms with Crippen LogP contribution in [0.5, 0.6) is 5.88 Å². The molecule has 1 amide bonds. The van der Waals surface area contributed by atoms with E-state index >= 15 is 0 Å². The normalized spacial score (nSPS) is 13.6. The Morgan fingerprint density at radius 1 is 1.24 bits per heavy atom. The number of carbonyl (C=O) groups is 1. The molecule has 3 aromatic heterocycles. The fraction of sp³-hybridized carbons (Fsp3) is 0.250. The number of nitrogens with one attached hydrogen (secondary N) is 1. The first kappa shape index (κ1) is 17.4. The third-order valence-electron chi connectivity index (χ3n) is 4.69. The maximum absolute atomic E-state index is 12.9. The molecule has 0 radical (unpaired) electrons. The number of benzene rings is 1. The number of anilines is 1. The predicted octanol–water partition coefficient (Wildman–Crippen LogP) is 3.19. The fourth-order valence-electron chi connectivity index (χ4n) is 2.95. The van der Waals surface area contributed by atoms with Gasteiger partial charge in [-0.15, -0.1) is 0 Å². The van der Waals surface area contributed by atoms with Crippen LogP contribution >= 0.6 is 0 Å². The molecule has 0 atom stereocenters. The lowest BCUT2D eigenvalue weighted by atomic mass is 10.1. The molecule has 1 fully saturated rings. The highest BCUT2D eigenvalue weighted by molar-refractivity contribution is 6.04. The van der Waals surface area contributed by atoms with Gasteiger partial charge in [-0.3, -0.25) is 9.20 Å². The SMILES string of the molecule is Cc1nc(-c2ccc(C)c(NC(=O)c3cnc4cc(OC5CC5)ncn34)c2)no1. The lowest BCUT2D eigenvalue weighted by Crippen LogP contribution is -2.15. The number of fused-ring (bicyclic) bond motifs is 1. The molecule has 1 aromatic carbocycles. The summed E-state index contributed by atoms with van der Waals surface area (Å²) in [5.74, 6) is 1.19. The summed E-state index contributed by atoms with van der Waals surface area (Å²) in [6, 6.07) is 7.34. The van der Waals surface area contributed by atoms with Crippen molar-refractivity contribution in [3.63, 3.8) is 0 Å². The Kier molecular flexibility index (Phi) is 4.01. The predicted molar refractivity (Wildman–Crippen MR) is 104 cm³/mol. The van der Waals surface area contributed by atoms with Gasteiger partial charge in [0.2, 0.25) is 17.6 Å². The first-order valence-corrected chi connectivity index (χ1v) is 9.29. The van der Waals surface area contributed by atoms with Crippen molar-refractivity contribution in [1.29, 1.82) is 0 Å². The molecule has 29 heavy (non-hydrogen) atoms. The van der Waals surface area contributed by atoms with Crippen molar-refractivity contribution in [2.75, 3.05) is 5.32 Å². The van der Waals surface area contributed by atoms with Gasteiger partial charge in [0.25, 0.3) is 5.91 Å². The van der Waals surface area contributed by atoms with E-state index in [1.807, 2.05) is 25.1 Å². The molecule has 0 bridgehead atoms. The van der Waals surface area contributed by atoms with E-state index in [2.05, 4.69) is 25.4 Å². The van der Waals surface area contributed by atoms with E-state index in [0.717, 1.165) is 24.0 Å². The first-order chi connectivity index (χ1) is 14.1. The Balaban J connectivity index is 1.41. The second kappa shape index (κ2) is 6.69. The molecule has 1 N–H and O–H groups in total. The van der Waals surface area contributed by atoms with Crippen LogP contribution in [0.2, 0.25) is 0 Å². The molecule has 4 aromatic rings. The fourth-order valence-corrected chi connectivity index (χ4v) is 2.95. The number of hydrogen-bond acceptors (Lipinski definition) is 7. The number of ether oxygens (including phenoxy) is 1. The van der Waals surface area contributed by atoms with Gasteiger partial charge in [0.05, 0.1) is 6.20 Å². The summed E-state index contributed by atoms with van der Waals surface area (Å²) in [6.45, 7) is 3.64. The van der Waals surface area contributed by atoms with Gasteiger partial charge in [0.15, 0.2) is 0 Å². The van der Waals surface area contributed by atoms with Gasteiger partial charge in [-0.1, -0.05) is 17.3 Å². The zero-order chi connectivity index (χ0) is 20.0. The monoisotopic (exact) mass is 390 g/mol. The van der Waals surface area contributed by atoms with Crippen molar-refractivity contribution in [3.8, 4) is 17.3 Å². The van der Waals surface area contributed by atoms with Crippen molar-refractivity contribution in [2.45, 2.75) is 32.8 Å². The van der Waals surface area contributed by atoms with Gasteiger partial charge in [-0.2, -0.15) is 4.98 Å². The van der Waals surface area contributed by atoms with Gasteiger partial charge in [-0.25, -0.2) is 9.97 Å². The summed E-state index contributed by atoms with van der Waals surface area (Å²) < 4.78 is 12.4. The minimum atomic E-state index is -0.292. The topological polar surface area (TPSA) is 107 Å². The average molecular weight is 390 g/mol. The van der Waals surface area contributed by atoms with Crippen LogP contribution in [0, 0.1) is 13.8 Å². The lowest BCUT2D eigenvalue weighted by molar-refractivity contribution is 0.102.